The minimum atomic E-state index is -3.20. The molecule has 1 fully saturated rings. The molecular weight excluding hydrogens is 464 g/mol. The third-order valence-corrected chi connectivity index (χ3v) is 7.64. The first-order valence-electron chi connectivity index (χ1n) is 10.4. The van der Waals surface area contributed by atoms with Crippen molar-refractivity contribution in [2.24, 2.45) is 0 Å². The molecule has 10 heteroatoms. The van der Waals surface area contributed by atoms with Gasteiger partial charge in [-0.1, -0.05) is 30.3 Å². The topological polar surface area (TPSA) is 110 Å². The van der Waals surface area contributed by atoms with Gasteiger partial charge in [-0.15, -0.1) is 11.8 Å². The summed E-state index contributed by atoms with van der Waals surface area (Å²) in [4.78, 5) is 38.3. The molecule has 0 spiro atoms. The van der Waals surface area contributed by atoms with Crippen LogP contribution in [0, 0.1) is 6.92 Å². The zero-order valence-corrected chi connectivity index (χ0v) is 19.9. The molecule has 1 atom stereocenters. The van der Waals surface area contributed by atoms with Gasteiger partial charge in [0.05, 0.1) is 29.1 Å². The largest absolute Gasteiger partial charge is 0.455 e. The van der Waals surface area contributed by atoms with Crippen LogP contribution >= 0.6 is 11.8 Å². The summed E-state index contributed by atoms with van der Waals surface area (Å²) in [6.45, 7) is 1.42. The fourth-order valence-corrected chi connectivity index (χ4v) is 5.84. The van der Waals surface area contributed by atoms with Crippen molar-refractivity contribution in [1.29, 1.82) is 0 Å². The van der Waals surface area contributed by atoms with Crippen LogP contribution in [0.4, 0.5) is 11.4 Å². The molecule has 2 amide bonds. The van der Waals surface area contributed by atoms with Crippen LogP contribution in [0.5, 0.6) is 0 Å². The Bertz CT molecular complexity index is 1100. The molecule has 0 aliphatic carbocycles. The normalized spacial score (nSPS) is 16.7. The first kappa shape index (κ1) is 24.8. The van der Waals surface area contributed by atoms with Crippen molar-refractivity contribution in [2.45, 2.75) is 19.4 Å². The second-order valence-electron chi connectivity index (χ2n) is 7.73. The summed E-state index contributed by atoms with van der Waals surface area (Å²) in [5.41, 5.74) is 2.26. The van der Waals surface area contributed by atoms with Gasteiger partial charge in [0.15, 0.2) is 16.4 Å². The average Bonchev–Trinajstić information content (AvgIpc) is 3.12. The Hall–Kier alpha value is -2.85. The van der Waals surface area contributed by atoms with Crippen molar-refractivity contribution < 1.29 is 27.5 Å². The van der Waals surface area contributed by atoms with Gasteiger partial charge in [-0.25, -0.2) is 8.42 Å². The standard InChI is InChI=1S/C23H26N2O6S2/c1-17-6-5-7-18(12-17)24-21(26)14-32-15-23(28)31-13-22(27)25(19-8-3-2-4-9-19)20-10-11-33(29,30)16-20/h2-9,12,20H,10-11,13-16H2,1H3,(H,24,26)/t20-/m1/s1. The number of thioether (sulfide) groups is 1. The number of benzene rings is 2. The van der Waals surface area contributed by atoms with Gasteiger partial charge < -0.3 is 15.0 Å². The predicted molar refractivity (Wildman–Crippen MR) is 129 cm³/mol. The second-order valence-corrected chi connectivity index (χ2v) is 10.9. The van der Waals surface area contributed by atoms with Crippen molar-refractivity contribution in [3.8, 4) is 0 Å². The molecule has 0 radical (unpaired) electrons. The number of anilines is 2. The van der Waals surface area contributed by atoms with E-state index < -0.39 is 34.4 Å². The van der Waals surface area contributed by atoms with Crippen LogP contribution in [0.1, 0.15) is 12.0 Å². The van der Waals surface area contributed by atoms with Gasteiger partial charge in [-0.3, -0.25) is 14.4 Å². The summed E-state index contributed by atoms with van der Waals surface area (Å²) in [6, 6.07) is 15.6. The lowest BCUT2D eigenvalue weighted by molar-refractivity contribution is -0.145. The van der Waals surface area contributed by atoms with E-state index in [2.05, 4.69) is 5.32 Å². The summed E-state index contributed by atoms with van der Waals surface area (Å²) in [5, 5.41) is 2.76. The highest BCUT2D eigenvalue weighted by Crippen LogP contribution is 2.24. The number of para-hydroxylation sites is 1. The van der Waals surface area contributed by atoms with Crippen LogP contribution < -0.4 is 10.2 Å². The fourth-order valence-electron chi connectivity index (χ4n) is 3.53. The number of carbonyl (C=O) groups excluding carboxylic acids is 3. The summed E-state index contributed by atoms with van der Waals surface area (Å²) >= 11 is 1.08. The number of esters is 1. The van der Waals surface area contributed by atoms with E-state index in [1.165, 1.54) is 4.90 Å². The number of carbonyl (C=O) groups is 3. The zero-order chi connectivity index (χ0) is 23.8. The second kappa shape index (κ2) is 11.3. The Labute approximate surface area is 197 Å². The molecule has 1 aliphatic rings. The highest BCUT2D eigenvalue weighted by Gasteiger charge is 2.35. The molecule has 1 aliphatic heterocycles. The van der Waals surface area contributed by atoms with Crippen molar-refractivity contribution in [2.75, 3.05) is 39.8 Å². The molecule has 1 heterocycles. The van der Waals surface area contributed by atoms with Crippen LogP contribution in [-0.2, 0) is 29.0 Å². The van der Waals surface area contributed by atoms with E-state index in [9.17, 15) is 22.8 Å². The Kier molecular flexibility index (Phi) is 8.51. The van der Waals surface area contributed by atoms with E-state index in [4.69, 9.17) is 4.74 Å². The lowest BCUT2D eigenvalue weighted by Gasteiger charge is -2.28. The van der Waals surface area contributed by atoms with E-state index in [0.29, 0.717) is 17.8 Å². The molecule has 1 N–H and O–H groups in total. The molecule has 176 valence electrons. The minimum Gasteiger partial charge on any atom is -0.455 e. The molecule has 0 bridgehead atoms. The number of nitrogens with one attached hydrogen (secondary N) is 1. The minimum absolute atomic E-state index is 0.0231. The Morgan fingerprint density at radius 1 is 1.09 bits per heavy atom. The van der Waals surface area contributed by atoms with Crippen molar-refractivity contribution >= 4 is 50.8 Å². The van der Waals surface area contributed by atoms with E-state index in [1.54, 1.807) is 36.4 Å². The third kappa shape index (κ3) is 7.61. The lowest BCUT2D eigenvalue weighted by Crippen LogP contribution is -2.43. The lowest BCUT2D eigenvalue weighted by atomic mass is 10.2. The summed E-state index contributed by atoms with van der Waals surface area (Å²) in [5.74, 6) is -1.47. The molecule has 0 saturated carbocycles. The predicted octanol–water partition coefficient (Wildman–Crippen LogP) is 2.43. The highest BCUT2D eigenvalue weighted by atomic mass is 32.2. The van der Waals surface area contributed by atoms with Crippen molar-refractivity contribution in [3.05, 3.63) is 60.2 Å². The number of ether oxygens (including phenoxy) is 1. The van der Waals surface area contributed by atoms with Crippen LogP contribution in [0.3, 0.4) is 0 Å². The van der Waals surface area contributed by atoms with Gasteiger partial charge >= 0.3 is 5.97 Å². The number of hydrogen-bond donors (Lipinski definition) is 1. The monoisotopic (exact) mass is 490 g/mol. The molecule has 33 heavy (non-hydrogen) atoms. The van der Waals surface area contributed by atoms with Gasteiger partial charge in [0.25, 0.3) is 5.91 Å². The van der Waals surface area contributed by atoms with Crippen LogP contribution in [0.2, 0.25) is 0 Å². The first-order chi connectivity index (χ1) is 15.7. The number of aryl methyl sites for hydroxylation is 1. The highest BCUT2D eigenvalue weighted by molar-refractivity contribution is 8.00. The van der Waals surface area contributed by atoms with Crippen LogP contribution in [0.15, 0.2) is 54.6 Å². The Balaban J connectivity index is 1.47. The van der Waals surface area contributed by atoms with E-state index in [1.807, 2.05) is 25.1 Å². The fraction of sp³-hybridized carbons (Fsp3) is 0.348. The maximum absolute atomic E-state index is 12.8. The number of sulfone groups is 1. The smallest absolute Gasteiger partial charge is 0.316 e. The van der Waals surface area contributed by atoms with E-state index in [0.717, 1.165) is 17.3 Å². The first-order valence-corrected chi connectivity index (χ1v) is 13.4. The van der Waals surface area contributed by atoms with Gasteiger partial charge in [0.2, 0.25) is 5.91 Å². The number of rotatable bonds is 9. The van der Waals surface area contributed by atoms with Gasteiger partial charge in [-0.05, 0) is 43.2 Å². The van der Waals surface area contributed by atoms with Gasteiger partial charge in [0.1, 0.15) is 0 Å². The quantitative estimate of drug-likeness (QED) is 0.538. The molecule has 0 aromatic heterocycles. The SMILES string of the molecule is Cc1cccc(NC(=O)CSCC(=O)OCC(=O)N(c2ccccc2)[C@@H]2CCS(=O)(=O)C2)c1. The van der Waals surface area contributed by atoms with E-state index >= 15 is 0 Å². The maximum Gasteiger partial charge on any atom is 0.316 e. The zero-order valence-electron chi connectivity index (χ0n) is 18.2. The maximum atomic E-state index is 12.8. The third-order valence-electron chi connectivity index (χ3n) is 4.99. The number of hydrogen-bond acceptors (Lipinski definition) is 7. The van der Waals surface area contributed by atoms with Crippen molar-refractivity contribution in [1.82, 2.24) is 0 Å². The van der Waals surface area contributed by atoms with Gasteiger partial charge in [0, 0.05) is 11.4 Å². The molecule has 3 rings (SSSR count). The number of amides is 2. The summed E-state index contributed by atoms with van der Waals surface area (Å²) in [6.07, 6.45) is 0.336. The van der Waals surface area contributed by atoms with Gasteiger partial charge in [-0.2, -0.15) is 0 Å². The van der Waals surface area contributed by atoms with Crippen molar-refractivity contribution in [3.63, 3.8) is 0 Å². The average molecular weight is 491 g/mol. The Morgan fingerprint density at radius 3 is 2.52 bits per heavy atom. The Morgan fingerprint density at radius 2 is 1.85 bits per heavy atom. The van der Waals surface area contributed by atoms with Crippen LogP contribution in [-0.4, -0.2) is 61.9 Å². The molecule has 1 saturated heterocycles. The molecular formula is C23H26N2O6S2. The summed E-state index contributed by atoms with van der Waals surface area (Å²) < 4.78 is 28.9. The molecule has 2 aromatic carbocycles. The summed E-state index contributed by atoms with van der Waals surface area (Å²) in [7, 11) is -3.20. The number of nitrogens with zero attached hydrogens (tertiary/aromatic N) is 1. The molecule has 8 nitrogen and oxygen atoms in total. The molecule has 0 unspecified atom stereocenters. The van der Waals surface area contributed by atoms with E-state index in [-0.39, 0.29) is 28.9 Å². The molecule has 2 aromatic rings. The van der Waals surface area contributed by atoms with Crippen LogP contribution in [0.25, 0.3) is 0 Å².